The van der Waals surface area contributed by atoms with E-state index in [1.54, 1.807) is 23.9 Å². The molecule has 2 N–H and O–H groups in total. The predicted octanol–water partition coefficient (Wildman–Crippen LogP) is 3.78. The summed E-state index contributed by atoms with van der Waals surface area (Å²) in [6.07, 6.45) is 1.53. The summed E-state index contributed by atoms with van der Waals surface area (Å²) in [5.74, 6) is 0.256. The van der Waals surface area contributed by atoms with Gasteiger partial charge in [0.15, 0.2) is 0 Å². The fraction of sp³-hybridized carbons (Fsp3) is 0.188. The predicted molar refractivity (Wildman–Crippen MR) is 89.4 cm³/mol. The zero-order valence-corrected chi connectivity index (χ0v) is 13.3. The van der Waals surface area contributed by atoms with Gasteiger partial charge in [-0.15, -0.1) is 0 Å². The molecule has 2 aromatic rings. The van der Waals surface area contributed by atoms with Crippen LogP contribution in [0.15, 0.2) is 46.2 Å². The Morgan fingerprint density at radius 2 is 2.05 bits per heavy atom. The van der Waals surface area contributed by atoms with Crippen LogP contribution in [0.2, 0.25) is 5.02 Å². The van der Waals surface area contributed by atoms with Gasteiger partial charge in [-0.3, -0.25) is 4.79 Å². The van der Waals surface area contributed by atoms with Crippen molar-refractivity contribution in [3.8, 4) is 5.75 Å². The number of aromatic hydroxyl groups is 1. The molecule has 2 aromatic carbocycles. The van der Waals surface area contributed by atoms with Crippen LogP contribution < -0.4 is 10.2 Å². The molecule has 6 heteroatoms. The maximum atomic E-state index is 10.4. The second-order valence-electron chi connectivity index (χ2n) is 4.94. The second-order valence-corrected chi connectivity index (χ2v) is 6.46. The Kier molecular flexibility index (Phi) is 4.45. The maximum Gasteiger partial charge on any atom is 0.207 e. The van der Waals surface area contributed by atoms with Crippen LogP contribution >= 0.6 is 23.4 Å². The van der Waals surface area contributed by atoms with Crippen LogP contribution in [0.1, 0.15) is 6.42 Å². The van der Waals surface area contributed by atoms with E-state index in [-0.39, 0.29) is 5.75 Å². The molecule has 0 unspecified atom stereocenters. The van der Waals surface area contributed by atoms with Gasteiger partial charge in [-0.25, -0.2) is 0 Å². The Hall–Kier alpha value is -1.85. The Bertz CT molecular complexity index is 709. The van der Waals surface area contributed by atoms with Crippen molar-refractivity contribution in [2.75, 3.05) is 18.0 Å². The van der Waals surface area contributed by atoms with Crippen LogP contribution in [0.5, 0.6) is 5.75 Å². The van der Waals surface area contributed by atoms with Crippen LogP contribution in [0.25, 0.3) is 0 Å². The van der Waals surface area contributed by atoms with Crippen LogP contribution in [-0.4, -0.2) is 24.6 Å². The van der Waals surface area contributed by atoms with Crippen molar-refractivity contribution in [2.45, 2.75) is 16.2 Å². The molecule has 0 aromatic heterocycles. The van der Waals surface area contributed by atoms with E-state index in [0.29, 0.717) is 18.0 Å². The summed E-state index contributed by atoms with van der Waals surface area (Å²) < 4.78 is 0. The molecule has 0 saturated heterocycles. The Balaban J connectivity index is 1.95. The quantitative estimate of drug-likeness (QED) is 0.645. The largest absolute Gasteiger partial charge is 0.508 e. The van der Waals surface area contributed by atoms with Crippen LogP contribution in [-0.2, 0) is 4.79 Å². The summed E-state index contributed by atoms with van der Waals surface area (Å²) in [7, 11) is 0. The van der Waals surface area contributed by atoms with E-state index in [1.807, 2.05) is 24.3 Å². The van der Waals surface area contributed by atoms with Gasteiger partial charge in [-0.1, -0.05) is 23.4 Å². The number of anilines is 2. The highest BCUT2D eigenvalue weighted by molar-refractivity contribution is 7.99. The summed E-state index contributed by atoms with van der Waals surface area (Å²) in [5, 5.41) is 13.1. The molecule has 0 radical (unpaired) electrons. The van der Waals surface area contributed by atoms with Gasteiger partial charge in [0, 0.05) is 27.9 Å². The van der Waals surface area contributed by atoms with Crippen LogP contribution in [0.3, 0.4) is 0 Å². The first-order valence-corrected chi connectivity index (χ1v) is 8.13. The lowest BCUT2D eigenvalue weighted by atomic mass is 10.2. The monoisotopic (exact) mass is 334 g/mol. The summed E-state index contributed by atoms with van der Waals surface area (Å²) in [6, 6.07) is 11.2. The molecule has 1 aliphatic heterocycles. The van der Waals surface area contributed by atoms with Gasteiger partial charge < -0.3 is 15.3 Å². The average molecular weight is 335 g/mol. The number of hydrogen-bond donors (Lipinski definition) is 2. The van der Waals surface area contributed by atoms with Gasteiger partial charge in [0.2, 0.25) is 6.41 Å². The molecule has 0 bridgehead atoms. The van der Waals surface area contributed by atoms with E-state index >= 15 is 0 Å². The average Bonchev–Trinajstić information content (AvgIpc) is 2.51. The number of hydrogen-bond acceptors (Lipinski definition) is 4. The molecule has 1 heterocycles. The molecule has 22 heavy (non-hydrogen) atoms. The number of carbonyl (C=O) groups excluding carboxylic acids is 1. The summed E-state index contributed by atoms with van der Waals surface area (Å²) >= 11 is 7.76. The van der Waals surface area contributed by atoms with Gasteiger partial charge in [0.05, 0.1) is 11.4 Å². The number of nitrogens with one attached hydrogen (secondary N) is 1. The molecular weight excluding hydrogens is 320 g/mol. The molecule has 1 amide bonds. The fourth-order valence-electron chi connectivity index (χ4n) is 2.48. The first-order chi connectivity index (χ1) is 10.7. The third-order valence-electron chi connectivity index (χ3n) is 3.45. The number of carbonyl (C=O) groups is 1. The summed E-state index contributed by atoms with van der Waals surface area (Å²) in [5.41, 5.74) is 2.10. The molecule has 0 atom stereocenters. The Labute approximate surface area is 138 Å². The van der Waals surface area contributed by atoms with E-state index in [1.165, 1.54) is 0 Å². The number of fused-ring (bicyclic) bond motifs is 2. The minimum atomic E-state index is 0.256. The van der Waals surface area contributed by atoms with E-state index in [4.69, 9.17) is 11.6 Å². The number of phenols is 1. The Morgan fingerprint density at radius 3 is 2.86 bits per heavy atom. The molecule has 3 rings (SSSR count). The SMILES string of the molecule is O=CNCCCN1c2ccc(O)cc2Sc2ccc(Cl)cc21. The molecule has 4 nitrogen and oxygen atoms in total. The molecule has 0 saturated carbocycles. The van der Waals surface area contributed by atoms with Gasteiger partial charge in [0.25, 0.3) is 0 Å². The highest BCUT2D eigenvalue weighted by atomic mass is 35.5. The van der Waals surface area contributed by atoms with E-state index in [2.05, 4.69) is 10.2 Å². The zero-order valence-electron chi connectivity index (χ0n) is 11.8. The zero-order chi connectivity index (χ0) is 15.5. The van der Waals surface area contributed by atoms with E-state index in [9.17, 15) is 9.90 Å². The van der Waals surface area contributed by atoms with Crippen molar-refractivity contribution in [1.82, 2.24) is 5.32 Å². The van der Waals surface area contributed by atoms with E-state index < -0.39 is 0 Å². The van der Waals surface area contributed by atoms with Crippen molar-refractivity contribution in [1.29, 1.82) is 0 Å². The summed E-state index contributed by atoms with van der Waals surface area (Å²) in [4.78, 5) is 14.7. The van der Waals surface area contributed by atoms with E-state index in [0.717, 1.165) is 34.1 Å². The van der Waals surface area contributed by atoms with Gasteiger partial charge in [0.1, 0.15) is 5.75 Å². The first kappa shape index (κ1) is 15.1. The van der Waals surface area contributed by atoms with Crippen LogP contribution in [0.4, 0.5) is 11.4 Å². The lowest BCUT2D eigenvalue weighted by Gasteiger charge is -2.33. The van der Waals surface area contributed by atoms with Crippen molar-refractivity contribution >= 4 is 41.1 Å². The summed E-state index contributed by atoms with van der Waals surface area (Å²) in [6.45, 7) is 1.38. The first-order valence-electron chi connectivity index (χ1n) is 6.94. The minimum absolute atomic E-state index is 0.256. The van der Waals surface area contributed by atoms with Gasteiger partial charge >= 0.3 is 0 Å². The number of rotatable bonds is 5. The van der Waals surface area contributed by atoms with Crippen molar-refractivity contribution in [3.63, 3.8) is 0 Å². The standard InChI is InChI=1S/C16H15ClN2O2S/c17-11-2-5-15-14(8-11)19(7-1-6-18-10-20)13-4-3-12(21)9-16(13)22-15/h2-5,8-10,21H,1,6-7H2,(H,18,20). The number of halogens is 1. The third kappa shape index (κ3) is 3.00. The molecule has 0 spiro atoms. The highest BCUT2D eigenvalue weighted by Gasteiger charge is 2.23. The van der Waals surface area contributed by atoms with Gasteiger partial charge in [-0.05, 0) is 42.8 Å². The number of phenolic OH excluding ortho intramolecular Hbond substituents is 1. The lowest BCUT2D eigenvalue weighted by Crippen LogP contribution is -2.25. The fourth-order valence-corrected chi connectivity index (χ4v) is 3.76. The highest BCUT2D eigenvalue weighted by Crippen LogP contribution is 2.49. The second kappa shape index (κ2) is 6.50. The third-order valence-corrected chi connectivity index (χ3v) is 4.80. The number of amides is 1. The molecular formula is C16H15ClN2O2S. The number of benzene rings is 2. The van der Waals surface area contributed by atoms with Crippen molar-refractivity contribution in [3.05, 3.63) is 41.4 Å². The smallest absolute Gasteiger partial charge is 0.207 e. The minimum Gasteiger partial charge on any atom is -0.508 e. The van der Waals surface area contributed by atoms with Gasteiger partial charge in [-0.2, -0.15) is 0 Å². The van der Waals surface area contributed by atoms with Crippen LogP contribution in [0, 0.1) is 0 Å². The van der Waals surface area contributed by atoms with Crippen molar-refractivity contribution < 1.29 is 9.90 Å². The lowest BCUT2D eigenvalue weighted by molar-refractivity contribution is -0.109. The molecule has 114 valence electrons. The number of nitrogens with zero attached hydrogens (tertiary/aromatic N) is 1. The normalized spacial score (nSPS) is 12.5. The molecule has 1 aliphatic rings. The maximum absolute atomic E-state index is 10.4. The Morgan fingerprint density at radius 1 is 1.18 bits per heavy atom. The topological polar surface area (TPSA) is 52.6 Å². The van der Waals surface area contributed by atoms with Crippen molar-refractivity contribution in [2.24, 2.45) is 0 Å². The molecule has 0 aliphatic carbocycles. The molecule has 0 fully saturated rings.